The second-order valence-electron chi connectivity index (χ2n) is 4.03. The van der Waals surface area contributed by atoms with Crippen LogP contribution in [0, 0.1) is 4.77 Å². The van der Waals surface area contributed by atoms with Gasteiger partial charge in [0.2, 0.25) is 0 Å². The van der Waals surface area contributed by atoms with Crippen LogP contribution < -0.4 is 11.3 Å². The highest BCUT2D eigenvalue weighted by Crippen LogP contribution is 2.29. The molecule has 5 heteroatoms. The van der Waals surface area contributed by atoms with Gasteiger partial charge in [0.15, 0.2) is 4.77 Å². The minimum atomic E-state index is -0.218. The second kappa shape index (κ2) is 4.18. The van der Waals surface area contributed by atoms with Gasteiger partial charge >= 0.3 is 0 Å². The topological polar surface area (TPSA) is 63.8 Å². The van der Waals surface area contributed by atoms with Crippen LogP contribution >= 0.6 is 12.2 Å². The summed E-state index contributed by atoms with van der Waals surface area (Å²) in [5.74, 6) is 0.482. The molecule has 2 rings (SSSR count). The maximum absolute atomic E-state index is 11.1. The summed E-state index contributed by atoms with van der Waals surface area (Å²) in [6.45, 7) is 0. The third kappa shape index (κ3) is 2.12. The maximum Gasteiger partial charge on any atom is 0.253 e. The predicted octanol–water partition coefficient (Wildman–Crippen LogP) is 1.99. The second-order valence-corrected chi connectivity index (χ2v) is 4.41. The number of aromatic amines is 1. The molecule has 0 bridgehead atoms. The first-order valence-electron chi connectivity index (χ1n) is 5.30. The maximum atomic E-state index is 11.1. The van der Waals surface area contributed by atoms with Gasteiger partial charge in [0.1, 0.15) is 5.82 Å². The summed E-state index contributed by atoms with van der Waals surface area (Å²) < 4.78 is 2.34. The fraction of sp³-hybridized carbons (Fsp3) is 0.600. The Kier molecular flexibility index (Phi) is 2.90. The Balaban J connectivity index is 2.42. The van der Waals surface area contributed by atoms with E-state index in [2.05, 4.69) is 4.98 Å². The molecule has 1 aliphatic rings. The number of nitrogen functional groups attached to an aromatic ring is 1. The average Bonchev–Trinajstić information content (AvgIpc) is 2.17. The molecular weight excluding hydrogens is 210 g/mol. The Morgan fingerprint density at radius 2 is 2.07 bits per heavy atom. The van der Waals surface area contributed by atoms with Crippen LogP contribution in [0.2, 0.25) is 0 Å². The third-order valence-corrected chi connectivity index (χ3v) is 3.24. The van der Waals surface area contributed by atoms with E-state index in [0.717, 1.165) is 12.8 Å². The minimum Gasteiger partial charge on any atom is -0.385 e. The predicted molar refractivity (Wildman–Crippen MR) is 62.4 cm³/mol. The highest BCUT2D eigenvalue weighted by Gasteiger charge is 2.17. The lowest BCUT2D eigenvalue weighted by molar-refractivity contribution is 0.350. The Hall–Kier alpha value is -1.10. The normalized spacial score (nSPS) is 17.9. The first-order chi connectivity index (χ1) is 7.18. The van der Waals surface area contributed by atoms with Crippen molar-refractivity contribution in [1.82, 2.24) is 9.55 Å². The highest BCUT2D eigenvalue weighted by molar-refractivity contribution is 7.71. The van der Waals surface area contributed by atoms with Gasteiger partial charge < -0.3 is 10.3 Å². The van der Waals surface area contributed by atoms with E-state index in [4.69, 9.17) is 18.0 Å². The van der Waals surface area contributed by atoms with E-state index in [1.54, 1.807) is 0 Å². The number of aromatic nitrogens is 2. The van der Waals surface area contributed by atoms with Crippen molar-refractivity contribution in [3.63, 3.8) is 0 Å². The number of nitrogens with one attached hydrogen (secondary N) is 1. The van der Waals surface area contributed by atoms with Crippen molar-refractivity contribution in [2.45, 2.75) is 38.1 Å². The van der Waals surface area contributed by atoms with Gasteiger partial charge in [0.25, 0.3) is 5.56 Å². The van der Waals surface area contributed by atoms with E-state index in [9.17, 15) is 4.79 Å². The van der Waals surface area contributed by atoms with E-state index in [-0.39, 0.29) is 5.56 Å². The third-order valence-electron chi connectivity index (χ3n) is 2.95. The lowest BCUT2D eigenvalue weighted by Gasteiger charge is -2.25. The van der Waals surface area contributed by atoms with Crippen molar-refractivity contribution >= 4 is 18.0 Å². The zero-order valence-corrected chi connectivity index (χ0v) is 9.35. The number of nitrogens with two attached hydrogens (primary N) is 1. The molecule has 0 spiro atoms. The summed E-state index contributed by atoms with van der Waals surface area (Å²) in [5, 5.41) is 0. The zero-order chi connectivity index (χ0) is 10.8. The monoisotopic (exact) mass is 225 g/mol. The first kappa shape index (κ1) is 10.4. The molecule has 4 nitrogen and oxygen atoms in total. The number of anilines is 1. The van der Waals surface area contributed by atoms with Crippen molar-refractivity contribution < 1.29 is 0 Å². The van der Waals surface area contributed by atoms with Crippen LogP contribution in [0.3, 0.4) is 0 Å². The molecule has 82 valence electrons. The largest absolute Gasteiger partial charge is 0.385 e. The SMILES string of the molecule is Nc1cc(=O)[nH]c(=S)n1C1CCCCC1. The van der Waals surface area contributed by atoms with E-state index >= 15 is 0 Å². The fourth-order valence-corrected chi connectivity index (χ4v) is 2.59. The van der Waals surface area contributed by atoms with E-state index in [1.807, 2.05) is 4.57 Å². The Labute approximate surface area is 93.1 Å². The van der Waals surface area contributed by atoms with Crippen LogP contribution in [0.25, 0.3) is 0 Å². The van der Waals surface area contributed by atoms with E-state index < -0.39 is 0 Å². The molecule has 0 atom stereocenters. The molecule has 0 saturated heterocycles. The molecule has 15 heavy (non-hydrogen) atoms. The quantitative estimate of drug-likeness (QED) is 0.718. The Morgan fingerprint density at radius 3 is 2.67 bits per heavy atom. The molecule has 0 amide bonds. The molecule has 1 saturated carbocycles. The summed E-state index contributed by atoms with van der Waals surface area (Å²) in [7, 11) is 0. The summed E-state index contributed by atoms with van der Waals surface area (Å²) in [6.07, 6.45) is 5.91. The summed E-state index contributed by atoms with van der Waals surface area (Å²) in [5.41, 5.74) is 5.61. The molecule has 1 fully saturated rings. The van der Waals surface area contributed by atoms with Gasteiger partial charge in [-0.2, -0.15) is 0 Å². The minimum absolute atomic E-state index is 0.218. The van der Waals surface area contributed by atoms with Gasteiger partial charge in [-0.3, -0.25) is 9.78 Å². The molecule has 1 heterocycles. The van der Waals surface area contributed by atoms with E-state index in [1.165, 1.54) is 25.3 Å². The number of nitrogens with zero attached hydrogens (tertiary/aromatic N) is 1. The van der Waals surface area contributed by atoms with Crippen LogP contribution in [-0.4, -0.2) is 9.55 Å². The zero-order valence-electron chi connectivity index (χ0n) is 8.53. The van der Waals surface area contributed by atoms with Crippen molar-refractivity contribution in [2.75, 3.05) is 5.73 Å². The van der Waals surface area contributed by atoms with Gasteiger partial charge in [-0.25, -0.2) is 0 Å². The van der Waals surface area contributed by atoms with E-state index in [0.29, 0.717) is 16.6 Å². The van der Waals surface area contributed by atoms with Crippen molar-refractivity contribution in [3.8, 4) is 0 Å². The fourth-order valence-electron chi connectivity index (χ4n) is 2.24. The average molecular weight is 225 g/mol. The highest BCUT2D eigenvalue weighted by atomic mass is 32.1. The molecular formula is C10H15N3OS. The summed E-state index contributed by atoms with van der Waals surface area (Å²) >= 11 is 5.14. The van der Waals surface area contributed by atoms with Crippen molar-refractivity contribution in [1.29, 1.82) is 0 Å². The Morgan fingerprint density at radius 1 is 1.40 bits per heavy atom. The molecule has 1 aromatic rings. The first-order valence-corrected chi connectivity index (χ1v) is 5.70. The van der Waals surface area contributed by atoms with Crippen LogP contribution in [0.15, 0.2) is 10.9 Å². The standard InChI is InChI=1S/C10H15N3OS/c11-8-6-9(14)12-10(15)13(8)7-4-2-1-3-5-7/h6-7H,1-5,11H2,(H,12,14,15). The lowest BCUT2D eigenvalue weighted by atomic mass is 9.95. The van der Waals surface area contributed by atoms with Gasteiger partial charge in [-0.1, -0.05) is 19.3 Å². The molecule has 1 aromatic heterocycles. The number of rotatable bonds is 1. The number of hydrogen-bond acceptors (Lipinski definition) is 3. The smallest absolute Gasteiger partial charge is 0.253 e. The van der Waals surface area contributed by atoms with Gasteiger partial charge in [-0.15, -0.1) is 0 Å². The lowest BCUT2D eigenvalue weighted by Crippen LogP contribution is -2.21. The molecule has 0 radical (unpaired) electrons. The Bertz CT molecular complexity index is 456. The number of hydrogen-bond donors (Lipinski definition) is 2. The van der Waals surface area contributed by atoms with Crippen molar-refractivity contribution in [3.05, 3.63) is 21.2 Å². The van der Waals surface area contributed by atoms with Crippen LogP contribution in [0.4, 0.5) is 5.82 Å². The summed E-state index contributed by atoms with van der Waals surface area (Å²) in [6, 6.07) is 1.77. The molecule has 0 aromatic carbocycles. The van der Waals surface area contributed by atoms with Crippen molar-refractivity contribution in [2.24, 2.45) is 0 Å². The van der Waals surface area contributed by atoms with Gasteiger partial charge in [0.05, 0.1) is 0 Å². The van der Waals surface area contributed by atoms with Gasteiger partial charge in [-0.05, 0) is 25.1 Å². The number of H-pyrrole nitrogens is 1. The molecule has 0 unspecified atom stereocenters. The molecule has 1 aliphatic carbocycles. The molecule has 3 N–H and O–H groups in total. The summed E-state index contributed by atoms with van der Waals surface area (Å²) in [4.78, 5) is 13.7. The molecule has 0 aliphatic heterocycles. The van der Waals surface area contributed by atoms with Gasteiger partial charge in [0, 0.05) is 12.1 Å². The van der Waals surface area contributed by atoms with Crippen LogP contribution in [-0.2, 0) is 0 Å². The van der Waals surface area contributed by atoms with Crippen LogP contribution in [0.1, 0.15) is 38.1 Å². The van der Waals surface area contributed by atoms with Crippen LogP contribution in [0.5, 0.6) is 0 Å².